The van der Waals surface area contributed by atoms with Gasteiger partial charge in [0.15, 0.2) is 5.82 Å². The van der Waals surface area contributed by atoms with Crippen molar-refractivity contribution in [1.82, 2.24) is 20.4 Å². The summed E-state index contributed by atoms with van der Waals surface area (Å²) in [6.45, 7) is 4.04. The van der Waals surface area contributed by atoms with E-state index in [0.717, 1.165) is 44.5 Å². The van der Waals surface area contributed by atoms with E-state index in [1.54, 1.807) is 11.7 Å². The van der Waals surface area contributed by atoms with Crippen molar-refractivity contribution in [2.24, 2.45) is 12.5 Å². The highest BCUT2D eigenvalue weighted by Gasteiger charge is 2.40. The van der Waals surface area contributed by atoms with Crippen LogP contribution in [0.1, 0.15) is 19.3 Å². The van der Waals surface area contributed by atoms with Crippen LogP contribution in [0.15, 0.2) is 12.1 Å². The summed E-state index contributed by atoms with van der Waals surface area (Å²) in [5, 5.41) is 10.6. The first kappa shape index (κ1) is 17.4. The maximum Gasteiger partial charge on any atom is 0.329 e. The highest BCUT2D eigenvalue weighted by atomic mass is 19.1. The molecular formula is C19H23FN6O2. The molecule has 0 bridgehead atoms. The number of hydrogen-bond donors (Lipinski definition) is 2. The fraction of sp³-hybridized carbons (Fsp3) is 0.526. The van der Waals surface area contributed by atoms with E-state index >= 15 is 4.39 Å². The minimum atomic E-state index is -0.517. The van der Waals surface area contributed by atoms with Crippen LogP contribution in [0, 0.1) is 11.2 Å². The Kier molecular flexibility index (Phi) is 3.84. The average Bonchev–Trinajstić information content (AvgIpc) is 2.95. The average molecular weight is 386 g/mol. The summed E-state index contributed by atoms with van der Waals surface area (Å²) in [6, 6.07) is 2.77. The predicted octanol–water partition coefficient (Wildman–Crippen LogP) is 1.35. The molecule has 28 heavy (non-hydrogen) atoms. The molecule has 2 aromatic rings. The summed E-state index contributed by atoms with van der Waals surface area (Å²) in [5.74, 6) is -0.233. The van der Waals surface area contributed by atoms with Gasteiger partial charge in [0, 0.05) is 51.6 Å². The van der Waals surface area contributed by atoms with Crippen LogP contribution in [0.4, 0.5) is 20.7 Å². The Balaban J connectivity index is 1.47. The normalized spacial score (nSPS) is 21.9. The number of nitrogens with one attached hydrogen (secondary N) is 2. The Morgan fingerprint density at radius 2 is 1.89 bits per heavy atom. The van der Waals surface area contributed by atoms with Crippen LogP contribution in [0.5, 0.6) is 0 Å². The maximum atomic E-state index is 15.0. The van der Waals surface area contributed by atoms with Crippen LogP contribution >= 0.6 is 0 Å². The molecule has 9 heteroatoms. The van der Waals surface area contributed by atoms with Crippen molar-refractivity contribution in [2.75, 3.05) is 42.5 Å². The summed E-state index contributed by atoms with van der Waals surface area (Å²) in [5.41, 5.74) is 1.75. The van der Waals surface area contributed by atoms with E-state index in [1.165, 1.54) is 11.0 Å². The van der Waals surface area contributed by atoms with E-state index in [1.807, 2.05) is 6.07 Å². The number of anilines is 2. The minimum absolute atomic E-state index is 0.203. The van der Waals surface area contributed by atoms with Crippen molar-refractivity contribution in [3.63, 3.8) is 0 Å². The summed E-state index contributed by atoms with van der Waals surface area (Å²) >= 11 is 0. The van der Waals surface area contributed by atoms with Gasteiger partial charge < -0.3 is 10.2 Å². The van der Waals surface area contributed by atoms with Crippen LogP contribution in [0.2, 0.25) is 0 Å². The quantitative estimate of drug-likeness (QED) is 0.814. The first-order chi connectivity index (χ1) is 13.5. The molecule has 0 saturated carbocycles. The molecule has 5 rings (SSSR count). The van der Waals surface area contributed by atoms with Gasteiger partial charge in [-0.25, -0.2) is 9.18 Å². The van der Waals surface area contributed by atoms with E-state index in [0.29, 0.717) is 22.3 Å². The third kappa shape index (κ3) is 2.64. The summed E-state index contributed by atoms with van der Waals surface area (Å²) in [6.07, 6.45) is 2.33. The number of aromatic nitrogens is 2. The van der Waals surface area contributed by atoms with Gasteiger partial charge in [-0.3, -0.25) is 19.7 Å². The number of piperidine rings is 1. The molecule has 148 valence electrons. The molecule has 0 radical (unpaired) electrons. The van der Waals surface area contributed by atoms with Crippen molar-refractivity contribution >= 4 is 34.3 Å². The highest BCUT2D eigenvalue weighted by Crippen LogP contribution is 2.38. The van der Waals surface area contributed by atoms with Crippen molar-refractivity contribution < 1.29 is 14.0 Å². The molecule has 1 spiro atoms. The smallest absolute Gasteiger partial charge is 0.329 e. The molecule has 0 atom stereocenters. The molecule has 2 N–H and O–H groups in total. The van der Waals surface area contributed by atoms with Crippen molar-refractivity contribution in [1.29, 1.82) is 0 Å². The van der Waals surface area contributed by atoms with Crippen LogP contribution in [0.3, 0.4) is 0 Å². The number of amides is 3. The van der Waals surface area contributed by atoms with Gasteiger partial charge in [0.25, 0.3) is 0 Å². The molecule has 3 saturated heterocycles. The van der Waals surface area contributed by atoms with Gasteiger partial charge in [0.1, 0.15) is 5.82 Å². The number of urea groups is 1. The second-order valence-electron chi connectivity index (χ2n) is 8.11. The molecule has 4 heterocycles. The lowest BCUT2D eigenvalue weighted by molar-refractivity contribution is -0.120. The van der Waals surface area contributed by atoms with E-state index in [2.05, 4.69) is 20.6 Å². The van der Waals surface area contributed by atoms with Crippen LogP contribution in [-0.2, 0) is 11.8 Å². The van der Waals surface area contributed by atoms with Crippen LogP contribution in [0.25, 0.3) is 10.9 Å². The summed E-state index contributed by atoms with van der Waals surface area (Å²) in [7, 11) is 1.78. The number of aryl methyl sites for hydroxylation is 1. The standard InChI is InChI=1S/C19H23FN6O2/c1-24-14-9-15(25-6-3-19(4-7-25)10-21-11-19)13(20)8-12(14)17(23-24)26-5-2-16(27)22-18(26)28/h8-9,21H,2-7,10-11H2,1H3,(H,22,27,28). The second kappa shape index (κ2) is 6.16. The van der Waals surface area contributed by atoms with Gasteiger partial charge in [0.05, 0.1) is 11.2 Å². The summed E-state index contributed by atoms with van der Waals surface area (Å²) < 4.78 is 16.7. The molecule has 3 aliphatic heterocycles. The monoisotopic (exact) mass is 386 g/mol. The highest BCUT2D eigenvalue weighted by molar-refractivity contribution is 6.09. The van der Waals surface area contributed by atoms with E-state index in [4.69, 9.17) is 0 Å². The Morgan fingerprint density at radius 1 is 1.14 bits per heavy atom. The molecule has 8 nitrogen and oxygen atoms in total. The van der Waals surface area contributed by atoms with E-state index < -0.39 is 6.03 Å². The number of imide groups is 1. The number of nitrogens with zero attached hydrogens (tertiary/aromatic N) is 4. The lowest BCUT2D eigenvalue weighted by atomic mass is 9.73. The van der Waals surface area contributed by atoms with Gasteiger partial charge in [-0.15, -0.1) is 0 Å². The largest absolute Gasteiger partial charge is 0.369 e. The number of benzene rings is 1. The topological polar surface area (TPSA) is 82.5 Å². The third-order valence-corrected chi connectivity index (χ3v) is 6.37. The van der Waals surface area contributed by atoms with E-state index in [-0.39, 0.29) is 24.7 Å². The number of carbonyl (C=O) groups excluding carboxylic acids is 2. The first-order valence-electron chi connectivity index (χ1n) is 9.69. The van der Waals surface area contributed by atoms with Gasteiger partial charge in [0.2, 0.25) is 5.91 Å². The SMILES string of the molecule is Cn1nc(N2CCC(=O)NC2=O)c2cc(F)c(N3CCC4(CC3)CNC4)cc21. The lowest BCUT2D eigenvalue weighted by Gasteiger charge is -2.49. The maximum absolute atomic E-state index is 15.0. The Hall–Kier alpha value is -2.68. The number of halogens is 1. The molecule has 1 aromatic heterocycles. The van der Waals surface area contributed by atoms with Crippen molar-refractivity contribution in [3.05, 3.63) is 17.9 Å². The zero-order valence-corrected chi connectivity index (χ0v) is 15.8. The van der Waals surface area contributed by atoms with Crippen LogP contribution in [-0.4, -0.2) is 54.4 Å². The van der Waals surface area contributed by atoms with Crippen molar-refractivity contribution in [2.45, 2.75) is 19.3 Å². The summed E-state index contributed by atoms with van der Waals surface area (Å²) in [4.78, 5) is 27.1. The lowest BCUT2D eigenvalue weighted by Crippen LogP contribution is -2.58. The molecule has 3 aliphatic rings. The molecule has 0 aliphatic carbocycles. The molecule has 3 amide bonds. The first-order valence-corrected chi connectivity index (χ1v) is 9.69. The van der Waals surface area contributed by atoms with Gasteiger partial charge in [-0.2, -0.15) is 5.10 Å². The minimum Gasteiger partial charge on any atom is -0.369 e. The second-order valence-corrected chi connectivity index (χ2v) is 8.11. The fourth-order valence-electron chi connectivity index (χ4n) is 4.51. The third-order valence-electron chi connectivity index (χ3n) is 6.37. The number of hydrogen-bond acceptors (Lipinski definition) is 5. The Labute approximate surface area is 161 Å². The number of rotatable bonds is 2. The zero-order valence-electron chi connectivity index (χ0n) is 15.8. The molecular weight excluding hydrogens is 363 g/mol. The molecule has 1 aromatic carbocycles. The fourth-order valence-corrected chi connectivity index (χ4v) is 4.51. The van der Waals surface area contributed by atoms with Gasteiger partial charge in [-0.1, -0.05) is 0 Å². The Morgan fingerprint density at radius 3 is 2.54 bits per heavy atom. The predicted molar refractivity (Wildman–Crippen MR) is 103 cm³/mol. The number of carbonyl (C=O) groups is 2. The van der Waals surface area contributed by atoms with Crippen LogP contribution < -0.4 is 20.4 Å². The molecule has 3 fully saturated rings. The van der Waals surface area contributed by atoms with E-state index in [9.17, 15) is 9.59 Å². The number of fused-ring (bicyclic) bond motifs is 1. The van der Waals surface area contributed by atoms with Gasteiger partial charge >= 0.3 is 6.03 Å². The molecule has 0 unspecified atom stereocenters. The van der Waals surface area contributed by atoms with Crippen molar-refractivity contribution in [3.8, 4) is 0 Å². The zero-order chi connectivity index (χ0) is 19.5. The van der Waals surface area contributed by atoms with Gasteiger partial charge in [-0.05, 0) is 30.4 Å². The Bertz CT molecular complexity index is 972.